The highest BCUT2D eigenvalue weighted by molar-refractivity contribution is 6.15. The third-order valence-corrected chi connectivity index (χ3v) is 12.8. The van der Waals surface area contributed by atoms with E-state index in [0.29, 0.717) is 0 Å². The molecule has 63 heavy (non-hydrogen) atoms. The summed E-state index contributed by atoms with van der Waals surface area (Å²) in [7, 11) is 0. The molecule has 0 aliphatic heterocycles. The van der Waals surface area contributed by atoms with Gasteiger partial charge in [-0.3, -0.25) is 0 Å². The normalized spacial score (nSPS) is 11.5. The summed E-state index contributed by atoms with van der Waals surface area (Å²) in [4.78, 5) is 2.45. The molecule has 294 valence electrons. The molecule has 0 aliphatic rings. The molecule has 0 aliphatic carbocycles. The predicted molar refractivity (Wildman–Crippen MR) is 270 cm³/mol. The van der Waals surface area contributed by atoms with Crippen LogP contribution in [-0.4, -0.2) is 0 Å². The van der Waals surface area contributed by atoms with Gasteiger partial charge in [-0.15, -0.1) is 0 Å². The van der Waals surface area contributed by atoms with Crippen molar-refractivity contribution in [1.29, 1.82) is 0 Å². The average Bonchev–Trinajstić information content (AvgIpc) is 3.36. The summed E-state index contributed by atoms with van der Waals surface area (Å²) in [5.74, 6) is 0. The maximum atomic E-state index is 2.45. The fourth-order valence-corrected chi connectivity index (χ4v) is 9.72. The van der Waals surface area contributed by atoms with Crippen LogP contribution in [0.25, 0.3) is 98.4 Å². The molecule has 1 heteroatoms. The lowest BCUT2D eigenvalue weighted by atomic mass is 9.91. The van der Waals surface area contributed by atoms with Crippen LogP contribution < -0.4 is 4.90 Å². The number of nitrogens with zero attached hydrogens (tertiary/aromatic N) is 1. The SMILES string of the molecule is c1ccc(-c2ccc(-c3cc4ccccc4c4ccccc34)cc2N(c2ccc(-c3ccc4ccccc4c3)cc2)c2ccc(-c3cc4ccccc4c4ccccc34)cc2)cc1. The molecule has 0 unspecified atom stereocenters. The third kappa shape index (κ3) is 6.50. The molecule has 0 N–H and O–H groups in total. The van der Waals surface area contributed by atoms with Crippen LogP contribution in [0.1, 0.15) is 0 Å². The molecular weight excluding hydrogens is 759 g/mol. The summed E-state index contributed by atoms with van der Waals surface area (Å²) in [6.07, 6.45) is 0. The summed E-state index contributed by atoms with van der Waals surface area (Å²) in [5.41, 5.74) is 12.8. The number of fused-ring (bicyclic) bond motifs is 7. The second-order valence-electron chi connectivity index (χ2n) is 16.5. The van der Waals surface area contributed by atoms with E-state index in [2.05, 4.69) is 254 Å². The lowest BCUT2D eigenvalue weighted by Gasteiger charge is -2.29. The Bertz CT molecular complexity index is 3660. The molecule has 0 spiro atoms. The largest absolute Gasteiger partial charge is 0.310 e. The lowest BCUT2D eigenvalue weighted by molar-refractivity contribution is 1.28. The Morgan fingerprint density at radius 3 is 1.24 bits per heavy atom. The van der Waals surface area contributed by atoms with Gasteiger partial charge in [-0.2, -0.15) is 0 Å². The zero-order valence-corrected chi connectivity index (χ0v) is 34.6. The molecule has 12 aromatic rings. The summed E-state index contributed by atoms with van der Waals surface area (Å²) < 4.78 is 0. The molecule has 0 bridgehead atoms. The quantitative estimate of drug-likeness (QED) is 0.145. The van der Waals surface area contributed by atoms with E-state index in [1.54, 1.807) is 0 Å². The van der Waals surface area contributed by atoms with Crippen molar-refractivity contribution < 1.29 is 0 Å². The van der Waals surface area contributed by atoms with Crippen LogP contribution >= 0.6 is 0 Å². The Kier molecular flexibility index (Phi) is 8.90. The monoisotopic (exact) mass is 799 g/mol. The average molecular weight is 800 g/mol. The van der Waals surface area contributed by atoms with Crippen molar-refractivity contribution in [3.05, 3.63) is 249 Å². The van der Waals surface area contributed by atoms with Gasteiger partial charge in [0, 0.05) is 16.9 Å². The van der Waals surface area contributed by atoms with Crippen LogP contribution in [0.5, 0.6) is 0 Å². The summed E-state index contributed by atoms with van der Waals surface area (Å²) in [6, 6.07) is 91.2. The molecule has 0 saturated heterocycles. The smallest absolute Gasteiger partial charge is 0.0546 e. The van der Waals surface area contributed by atoms with Gasteiger partial charge < -0.3 is 4.90 Å². The van der Waals surface area contributed by atoms with Gasteiger partial charge in [0.2, 0.25) is 0 Å². The van der Waals surface area contributed by atoms with E-state index >= 15 is 0 Å². The van der Waals surface area contributed by atoms with Crippen molar-refractivity contribution in [3.8, 4) is 44.5 Å². The number of anilines is 3. The minimum Gasteiger partial charge on any atom is -0.310 e. The molecule has 0 aromatic heterocycles. The number of rotatable bonds is 7. The van der Waals surface area contributed by atoms with E-state index < -0.39 is 0 Å². The maximum absolute atomic E-state index is 2.45. The van der Waals surface area contributed by atoms with Crippen LogP contribution in [0.2, 0.25) is 0 Å². The first-order chi connectivity index (χ1) is 31.2. The van der Waals surface area contributed by atoms with Crippen LogP contribution in [0.4, 0.5) is 17.1 Å². The predicted octanol–water partition coefficient (Wildman–Crippen LogP) is 17.6. The van der Waals surface area contributed by atoms with E-state index in [-0.39, 0.29) is 0 Å². The molecule has 12 rings (SSSR count). The van der Waals surface area contributed by atoms with Gasteiger partial charge in [-0.25, -0.2) is 0 Å². The van der Waals surface area contributed by atoms with Crippen molar-refractivity contribution in [2.75, 3.05) is 4.90 Å². The molecule has 1 nitrogen and oxygen atoms in total. The van der Waals surface area contributed by atoms with Crippen molar-refractivity contribution in [3.63, 3.8) is 0 Å². The van der Waals surface area contributed by atoms with E-state index in [0.717, 1.165) is 22.6 Å². The van der Waals surface area contributed by atoms with Gasteiger partial charge >= 0.3 is 0 Å². The second kappa shape index (κ2) is 15.3. The molecule has 12 aromatic carbocycles. The summed E-state index contributed by atoms with van der Waals surface area (Å²) >= 11 is 0. The minimum absolute atomic E-state index is 1.08. The van der Waals surface area contributed by atoms with Gasteiger partial charge in [0.05, 0.1) is 5.69 Å². The van der Waals surface area contributed by atoms with Crippen LogP contribution in [0, 0.1) is 0 Å². The molecule has 0 saturated carbocycles. The highest BCUT2D eigenvalue weighted by atomic mass is 15.1. The zero-order chi connectivity index (χ0) is 41.7. The Morgan fingerprint density at radius 2 is 0.635 bits per heavy atom. The van der Waals surface area contributed by atoms with Gasteiger partial charge in [-0.05, 0) is 141 Å². The van der Waals surface area contributed by atoms with Gasteiger partial charge in [0.15, 0.2) is 0 Å². The van der Waals surface area contributed by atoms with Gasteiger partial charge in [0.25, 0.3) is 0 Å². The van der Waals surface area contributed by atoms with E-state index in [4.69, 9.17) is 0 Å². The fourth-order valence-electron chi connectivity index (χ4n) is 9.72. The first-order valence-corrected chi connectivity index (χ1v) is 21.7. The number of hydrogen-bond acceptors (Lipinski definition) is 1. The standard InChI is InChI=1S/C62H41N/c1-2-15-44(16-3-1)55-37-32-50(61-40-49-19-7-9-21-54(49)57-23-11-13-25-59(57)61)41-62(55)63(51-33-28-43(29-34-51)47-27-26-42-14-4-5-17-46(42)38-47)52-35-30-45(31-36-52)60-39-48-18-6-8-20-53(48)56-22-10-12-24-58(56)60/h1-41H. The summed E-state index contributed by atoms with van der Waals surface area (Å²) in [6.45, 7) is 0. The first-order valence-electron chi connectivity index (χ1n) is 21.7. The molecule has 0 amide bonds. The van der Waals surface area contributed by atoms with E-state index in [1.807, 2.05) is 0 Å². The van der Waals surface area contributed by atoms with Crippen molar-refractivity contribution in [1.82, 2.24) is 0 Å². The Balaban J connectivity index is 1.06. The maximum Gasteiger partial charge on any atom is 0.0546 e. The van der Waals surface area contributed by atoms with Crippen LogP contribution in [-0.2, 0) is 0 Å². The van der Waals surface area contributed by atoms with Gasteiger partial charge in [-0.1, -0.05) is 200 Å². The highest BCUT2D eigenvalue weighted by Gasteiger charge is 2.21. The lowest BCUT2D eigenvalue weighted by Crippen LogP contribution is -2.11. The van der Waals surface area contributed by atoms with Crippen molar-refractivity contribution in [2.24, 2.45) is 0 Å². The Morgan fingerprint density at radius 1 is 0.206 bits per heavy atom. The van der Waals surface area contributed by atoms with Crippen molar-refractivity contribution >= 4 is 70.9 Å². The van der Waals surface area contributed by atoms with E-state index in [1.165, 1.54) is 92.8 Å². The third-order valence-electron chi connectivity index (χ3n) is 12.8. The van der Waals surface area contributed by atoms with E-state index in [9.17, 15) is 0 Å². The molecular formula is C62H41N. The number of hydrogen-bond donors (Lipinski definition) is 0. The molecule has 0 atom stereocenters. The minimum atomic E-state index is 1.08. The van der Waals surface area contributed by atoms with Crippen molar-refractivity contribution in [2.45, 2.75) is 0 Å². The number of benzene rings is 12. The first kappa shape index (κ1) is 36.6. The Hall–Kier alpha value is -8.26. The Labute approximate surface area is 367 Å². The molecule has 0 heterocycles. The topological polar surface area (TPSA) is 3.24 Å². The summed E-state index contributed by atoms with van der Waals surface area (Å²) in [5, 5.41) is 12.5. The molecule has 0 fully saturated rings. The zero-order valence-electron chi connectivity index (χ0n) is 34.6. The second-order valence-corrected chi connectivity index (χ2v) is 16.5. The van der Waals surface area contributed by atoms with Gasteiger partial charge in [0.1, 0.15) is 0 Å². The van der Waals surface area contributed by atoms with Crippen LogP contribution in [0.3, 0.4) is 0 Å². The molecule has 0 radical (unpaired) electrons. The highest BCUT2D eigenvalue weighted by Crippen LogP contribution is 2.46. The fraction of sp³-hybridized carbons (Fsp3) is 0. The van der Waals surface area contributed by atoms with Crippen LogP contribution in [0.15, 0.2) is 249 Å².